The monoisotopic (exact) mass is 468 g/mol. The Balaban J connectivity index is 1.81. The normalized spacial score (nSPS) is 15.1. The highest BCUT2D eigenvalue weighted by atomic mass is 79.9. The first kappa shape index (κ1) is 20.0. The first-order chi connectivity index (χ1) is 13.3. The summed E-state index contributed by atoms with van der Waals surface area (Å²) in [4.78, 5) is 37.2. The third kappa shape index (κ3) is 3.90. The summed E-state index contributed by atoms with van der Waals surface area (Å²) in [6.07, 6.45) is 1.50. The summed E-state index contributed by atoms with van der Waals surface area (Å²) < 4.78 is 15.6. The quantitative estimate of drug-likeness (QED) is 0.408. The summed E-state index contributed by atoms with van der Waals surface area (Å²) in [7, 11) is 2.71. The van der Waals surface area contributed by atoms with Gasteiger partial charge in [0.1, 0.15) is 11.5 Å². The van der Waals surface area contributed by atoms with Crippen molar-refractivity contribution in [1.29, 1.82) is 0 Å². The van der Waals surface area contributed by atoms with Crippen molar-refractivity contribution in [3.8, 4) is 5.75 Å². The number of halogens is 2. The zero-order valence-electron chi connectivity index (χ0n) is 14.7. The molecule has 0 spiro atoms. The summed E-state index contributed by atoms with van der Waals surface area (Å²) in [6, 6.07) is 5.61. The number of urea groups is 1. The molecule has 8 nitrogen and oxygen atoms in total. The number of esters is 1. The maximum atomic E-state index is 12.6. The zero-order chi connectivity index (χ0) is 20.4. The molecule has 10 heteroatoms. The Morgan fingerprint density at radius 3 is 2.71 bits per heavy atom. The Bertz CT molecular complexity index is 977. The summed E-state index contributed by atoms with van der Waals surface area (Å²) in [6.45, 7) is -0.133. The minimum atomic E-state index is -0.647. The molecule has 1 aromatic carbocycles. The van der Waals surface area contributed by atoms with Crippen LogP contribution in [0.25, 0.3) is 6.08 Å². The molecule has 1 aliphatic heterocycles. The first-order valence-corrected chi connectivity index (χ1v) is 9.05. The van der Waals surface area contributed by atoms with Crippen LogP contribution in [0.4, 0.5) is 4.79 Å². The second kappa shape index (κ2) is 8.07. The Labute approximate surface area is 173 Å². The van der Waals surface area contributed by atoms with Gasteiger partial charge in [-0.15, -0.1) is 0 Å². The molecular formula is C18H14BrClN2O6. The molecule has 0 radical (unpaired) electrons. The summed E-state index contributed by atoms with van der Waals surface area (Å²) in [5.41, 5.74) is 0.673. The van der Waals surface area contributed by atoms with Crippen molar-refractivity contribution in [1.82, 2.24) is 10.2 Å². The van der Waals surface area contributed by atoms with E-state index in [1.807, 2.05) is 0 Å². The van der Waals surface area contributed by atoms with E-state index in [9.17, 15) is 14.4 Å². The lowest BCUT2D eigenvalue weighted by atomic mass is 10.2. The molecule has 0 bridgehead atoms. The highest BCUT2D eigenvalue weighted by Crippen LogP contribution is 2.35. The second-order valence-corrected chi connectivity index (χ2v) is 6.92. The smallest absolute Gasteiger partial charge is 0.373 e. The van der Waals surface area contributed by atoms with E-state index in [-0.39, 0.29) is 23.8 Å². The van der Waals surface area contributed by atoms with Gasteiger partial charge in [0.2, 0.25) is 5.76 Å². The van der Waals surface area contributed by atoms with Gasteiger partial charge >= 0.3 is 12.0 Å². The zero-order valence-corrected chi connectivity index (χ0v) is 17.1. The predicted molar refractivity (Wildman–Crippen MR) is 103 cm³/mol. The van der Waals surface area contributed by atoms with Gasteiger partial charge in [0, 0.05) is 0 Å². The van der Waals surface area contributed by atoms with Gasteiger partial charge in [-0.05, 0) is 51.8 Å². The fraction of sp³-hybridized carbons (Fsp3) is 0.167. The third-order valence-corrected chi connectivity index (χ3v) is 4.73. The van der Waals surface area contributed by atoms with Crippen molar-refractivity contribution in [3.63, 3.8) is 0 Å². The van der Waals surface area contributed by atoms with Gasteiger partial charge in [0.05, 0.1) is 30.3 Å². The summed E-state index contributed by atoms with van der Waals surface area (Å²) >= 11 is 9.48. The molecule has 1 N–H and O–H groups in total. The highest BCUT2D eigenvalue weighted by Gasteiger charge is 2.34. The van der Waals surface area contributed by atoms with E-state index in [0.717, 1.165) is 4.90 Å². The molecule has 3 amide bonds. The average molecular weight is 470 g/mol. The number of benzene rings is 1. The maximum Gasteiger partial charge on any atom is 0.373 e. The number of carbonyl (C=O) groups is 3. The summed E-state index contributed by atoms with van der Waals surface area (Å²) in [5, 5.41) is 2.86. The number of amides is 3. The van der Waals surface area contributed by atoms with Crippen LogP contribution in [0, 0.1) is 0 Å². The van der Waals surface area contributed by atoms with Gasteiger partial charge in [0.25, 0.3) is 5.91 Å². The highest BCUT2D eigenvalue weighted by molar-refractivity contribution is 9.10. The second-order valence-electron chi connectivity index (χ2n) is 5.65. The van der Waals surface area contributed by atoms with Crippen LogP contribution in [0.15, 0.2) is 38.9 Å². The van der Waals surface area contributed by atoms with E-state index in [1.165, 1.54) is 32.4 Å². The van der Waals surface area contributed by atoms with Gasteiger partial charge in [-0.3, -0.25) is 9.69 Å². The van der Waals surface area contributed by atoms with E-state index in [2.05, 4.69) is 26.0 Å². The van der Waals surface area contributed by atoms with Gasteiger partial charge < -0.3 is 19.2 Å². The third-order valence-electron chi connectivity index (χ3n) is 3.86. The topological polar surface area (TPSA) is 98.1 Å². The number of hydrogen-bond acceptors (Lipinski definition) is 6. The van der Waals surface area contributed by atoms with E-state index >= 15 is 0 Å². The van der Waals surface area contributed by atoms with Crippen LogP contribution in [-0.2, 0) is 16.1 Å². The lowest BCUT2D eigenvalue weighted by Gasteiger charge is -2.09. The molecule has 2 heterocycles. The largest absolute Gasteiger partial charge is 0.494 e. The number of ether oxygens (including phenoxy) is 2. The van der Waals surface area contributed by atoms with Crippen molar-refractivity contribution < 1.29 is 28.3 Å². The van der Waals surface area contributed by atoms with Crippen molar-refractivity contribution in [3.05, 3.63) is 56.5 Å². The Morgan fingerprint density at radius 2 is 2.07 bits per heavy atom. The minimum Gasteiger partial charge on any atom is -0.494 e. The molecule has 1 aromatic heterocycles. The number of nitrogens with zero attached hydrogens (tertiary/aromatic N) is 1. The maximum absolute atomic E-state index is 12.6. The van der Waals surface area contributed by atoms with Crippen molar-refractivity contribution in [2.75, 3.05) is 14.2 Å². The molecule has 0 atom stereocenters. The lowest BCUT2D eigenvalue weighted by molar-refractivity contribution is -0.123. The minimum absolute atomic E-state index is 0.0157. The number of nitrogens with one attached hydrogen (secondary N) is 1. The molecule has 1 saturated heterocycles. The van der Waals surface area contributed by atoms with Gasteiger partial charge in [-0.2, -0.15) is 0 Å². The molecule has 0 saturated carbocycles. The standard InChI is InChI=1S/C18H14BrClN2O6/c1-26-15-11(19)5-9(6-12(15)20)7-13-16(23)22(18(25)21-13)8-10-3-4-14(28-10)17(24)27-2/h3-7H,8H2,1-2H3,(H,21,25). The molecule has 2 aromatic rings. The van der Waals surface area contributed by atoms with Crippen molar-refractivity contribution >= 4 is 51.5 Å². The Morgan fingerprint density at radius 1 is 1.32 bits per heavy atom. The Hall–Kier alpha value is -2.78. The molecular weight excluding hydrogens is 456 g/mol. The average Bonchev–Trinajstić information content (AvgIpc) is 3.22. The summed E-state index contributed by atoms with van der Waals surface area (Å²) in [5.74, 6) is -0.472. The number of imide groups is 1. The first-order valence-electron chi connectivity index (χ1n) is 7.88. The molecule has 1 aliphatic rings. The fourth-order valence-corrected chi connectivity index (χ4v) is 3.63. The van der Waals surface area contributed by atoms with Crippen LogP contribution >= 0.6 is 27.5 Å². The number of carbonyl (C=O) groups excluding carboxylic acids is 3. The van der Waals surface area contributed by atoms with E-state index in [0.29, 0.717) is 20.8 Å². The SMILES string of the molecule is COC(=O)c1ccc(CN2C(=O)NC(=Cc3cc(Cl)c(OC)c(Br)c3)C2=O)o1. The molecule has 146 valence electrons. The molecule has 1 fully saturated rings. The molecule has 0 aliphatic carbocycles. The van der Waals surface area contributed by atoms with Gasteiger partial charge in [-0.1, -0.05) is 11.6 Å². The van der Waals surface area contributed by atoms with Crippen LogP contribution in [0.1, 0.15) is 21.9 Å². The van der Waals surface area contributed by atoms with Gasteiger partial charge in [-0.25, -0.2) is 9.59 Å². The number of rotatable bonds is 5. The van der Waals surface area contributed by atoms with Crippen molar-refractivity contribution in [2.45, 2.75) is 6.54 Å². The van der Waals surface area contributed by atoms with E-state index < -0.39 is 17.9 Å². The Kier molecular flexibility index (Phi) is 5.76. The van der Waals surface area contributed by atoms with Gasteiger partial charge in [0.15, 0.2) is 5.75 Å². The molecule has 3 rings (SSSR count). The van der Waals surface area contributed by atoms with Crippen LogP contribution in [-0.4, -0.2) is 37.0 Å². The van der Waals surface area contributed by atoms with Crippen LogP contribution in [0.3, 0.4) is 0 Å². The van der Waals surface area contributed by atoms with Crippen molar-refractivity contribution in [2.24, 2.45) is 0 Å². The van der Waals surface area contributed by atoms with E-state index in [4.69, 9.17) is 20.8 Å². The van der Waals surface area contributed by atoms with E-state index in [1.54, 1.807) is 12.1 Å². The number of methoxy groups -OCH3 is 2. The lowest BCUT2D eigenvalue weighted by Crippen LogP contribution is -2.30. The van der Waals surface area contributed by atoms with Crippen LogP contribution in [0.2, 0.25) is 5.02 Å². The predicted octanol–water partition coefficient (Wildman–Crippen LogP) is 3.58. The fourth-order valence-electron chi connectivity index (χ4n) is 2.57. The molecule has 0 unspecified atom stereocenters. The van der Waals surface area contributed by atoms with Crippen LogP contribution in [0.5, 0.6) is 5.75 Å². The number of furan rings is 1. The molecule has 28 heavy (non-hydrogen) atoms. The number of hydrogen-bond donors (Lipinski definition) is 1. The van der Waals surface area contributed by atoms with Crippen LogP contribution < -0.4 is 10.1 Å².